The first-order chi connectivity index (χ1) is 5.89. The molecule has 0 radical (unpaired) electrons. The summed E-state index contributed by atoms with van der Waals surface area (Å²) in [4.78, 5) is 9.83. The molecule has 0 aliphatic heterocycles. The van der Waals surface area contributed by atoms with Gasteiger partial charge >= 0.3 is 29.6 Å². The van der Waals surface area contributed by atoms with Crippen LogP contribution >= 0.6 is 0 Å². The molecule has 14 heavy (non-hydrogen) atoms. The predicted octanol–water partition coefficient (Wildman–Crippen LogP) is -0.215. The van der Waals surface area contributed by atoms with Crippen molar-refractivity contribution in [2.75, 3.05) is 0 Å². The van der Waals surface area contributed by atoms with Crippen LogP contribution in [-0.4, -0.2) is 48.4 Å². The third-order valence-corrected chi connectivity index (χ3v) is 2.33. The van der Waals surface area contributed by atoms with Gasteiger partial charge in [0.25, 0.3) is 16.0 Å². The molecule has 0 aliphatic carbocycles. The molecule has 0 unspecified atom stereocenters. The molecule has 0 aliphatic rings. The summed E-state index contributed by atoms with van der Waals surface area (Å²) in [7, 11) is -4.46. The van der Waals surface area contributed by atoms with Crippen molar-refractivity contribution in [2.24, 2.45) is 5.73 Å². The van der Waals surface area contributed by atoms with Crippen LogP contribution in [0.2, 0.25) is 0 Å². The van der Waals surface area contributed by atoms with Crippen LogP contribution < -0.4 is 5.73 Å². The molecular formula is C7H14NNaO4S. The zero-order chi connectivity index (χ0) is 10.5. The third-order valence-electron chi connectivity index (χ3n) is 1.41. The van der Waals surface area contributed by atoms with Gasteiger partial charge in [-0.2, -0.15) is 8.42 Å². The van der Waals surface area contributed by atoms with Crippen LogP contribution in [0.3, 0.4) is 0 Å². The average molecular weight is 231 g/mol. The maximum absolute atomic E-state index is 10.6. The number of amides is 1. The fraction of sp³-hybridized carbons (Fsp3) is 0.571. The second kappa shape index (κ2) is 7.42. The van der Waals surface area contributed by atoms with Crippen molar-refractivity contribution in [3.63, 3.8) is 0 Å². The zero-order valence-corrected chi connectivity index (χ0v) is 8.17. The Morgan fingerprint density at radius 3 is 2.29 bits per heavy atom. The SMILES string of the molecule is CCCC/C=C(\C(N)=O)S(=O)(=O)O.[NaH]. The summed E-state index contributed by atoms with van der Waals surface area (Å²) in [6.45, 7) is 1.92. The molecule has 1 amide bonds. The van der Waals surface area contributed by atoms with Gasteiger partial charge in [-0.1, -0.05) is 25.8 Å². The van der Waals surface area contributed by atoms with Gasteiger partial charge in [0.15, 0.2) is 4.91 Å². The average Bonchev–Trinajstić information content (AvgIpc) is 1.94. The fourth-order valence-electron chi connectivity index (χ4n) is 0.770. The van der Waals surface area contributed by atoms with Crippen molar-refractivity contribution in [2.45, 2.75) is 26.2 Å². The quantitative estimate of drug-likeness (QED) is 0.296. The van der Waals surface area contributed by atoms with E-state index < -0.39 is 20.9 Å². The number of rotatable bonds is 5. The molecule has 7 heteroatoms. The van der Waals surface area contributed by atoms with Gasteiger partial charge in [0, 0.05) is 0 Å². The van der Waals surface area contributed by atoms with Crippen LogP contribution in [0, 0.1) is 0 Å². The third kappa shape index (κ3) is 6.56. The predicted molar refractivity (Wildman–Crippen MR) is 55.5 cm³/mol. The number of allylic oxidation sites excluding steroid dienone is 1. The topological polar surface area (TPSA) is 97.5 Å². The number of hydrogen-bond donors (Lipinski definition) is 2. The summed E-state index contributed by atoms with van der Waals surface area (Å²) in [5, 5.41) is 0. The van der Waals surface area contributed by atoms with Gasteiger partial charge in [-0.15, -0.1) is 0 Å². The van der Waals surface area contributed by atoms with Crippen molar-refractivity contribution < 1.29 is 17.8 Å². The number of primary amides is 1. The summed E-state index contributed by atoms with van der Waals surface area (Å²) in [6.07, 6.45) is 3.16. The van der Waals surface area contributed by atoms with E-state index in [0.29, 0.717) is 6.42 Å². The molecule has 0 aromatic rings. The van der Waals surface area contributed by atoms with Crippen molar-refractivity contribution in [3.05, 3.63) is 11.0 Å². The van der Waals surface area contributed by atoms with Gasteiger partial charge in [0.05, 0.1) is 0 Å². The Bertz CT molecular complexity index is 310. The monoisotopic (exact) mass is 231 g/mol. The number of unbranched alkanes of at least 4 members (excludes halogenated alkanes) is 2. The molecule has 0 spiro atoms. The number of nitrogens with two attached hydrogens (primary N) is 1. The van der Waals surface area contributed by atoms with Crippen molar-refractivity contribution in [1.29, 1.82) is 0 Å². The summed E-state index contributed by atoms with van der Waals surface area (Å²) in [5.41, 5.74) is 4.76. The summed E-state index contributed by atoms with van der Waals surface area (Å²) >= 11 is 0. The number of carbonyl (C=O) groups is 1. The molecule has 0 fully saturated rings. The molecule has 0 atom stereocenters. The molecule has 0 bridgehead atoms. The van der Waals surface area contributed by atoms with E-state index in [1.165, 1.54) is 0 Å². The first-order valence-electron chi connectivity index (χ1n) is 3.87. The van der Waals surface area contributed by atoms with Crippen molar-refractivity contribution >= 4 is 45.6 Å². The Kier molecular flexibility index (Phi) is 8.77. The number of carbonyl (C=O) groups excluding carboxylic acids is 1. The Balaban J connectivity index is 0. The normalized spacial score (nSPS) is 12.0. The summed E-state index contributed by atoms with van der Waals surface area (Å²) in [5.74, 6) is -1.13. The fourth-order valence-corrected chi connectivity index (χ4v) is 1.35. The van der Waals surface area contributed by atoms with E-state index in [-0.39, 0.29) is 29.6 Å². The van der Waals surface area contributed by atoms with E-state index in [0.717, 1.165) is 18.9 Å². The molecular weight excluding hydrogens is 217 g/mol. The van der Waals surface area contributed by atoms with E-state index in [4.69, 9.17) is 10.3 Å². The first-order valence-corrected chi connectivity index (χ1v) is 5.31. The molecule has 0 heterocycles. The van der Waals surface area contributed by atoms with Crippen molar-refractivity contribution in [1.82, 2.24) is 0 Å². The second-order valence-corrected chi connectivity index (χ2v) is 3.94. The van der Waals surface area contributed by atoms with Gasteiger partial charge in [0.1, 0.15) is 0 Å². The Labute approximate surface area is 106 Å². The molecule has 0 aromatic heterocycles. The van der Waals surface area contributed by atoms with Gasteiger partial charge in [-0.3, -0.25) is 9.35 Å². The van der Waals surface area contributed by atoms with E-state index >= 15 is 0 Å². The van der Waals surface area contributed by atoms with Gasteiger partial charge in [0.2, 0.25) is 0 Å². The summed E-state index contributed by atoms with van der Waals surface area (Å²) < 4.78 is 29.7. The maximum atomic E-state index is 10.6. The molecule has 78 valence electrons. The van der Waals surface area contributed by atoms with E-state index in [2.05, 4.69) is 0 Å². The zero-order valence-electron chi connectivity index (χ0n) is 7.36. The minimum atomic E-state index is -4.46. The first kappa shape index (κ1) is 16.5. The molecule has 0 aromatic carbocycles. The Morgan fingerprint density at radius 2 is 2.00 bits per heavy atom. The molecule has 3 N–H and O–H groups in total. The van der Waals surface area contributed by atoms with Gasteiger partial charge in [-0.05, 0) is 6.42 Å². The van der Waals surface area contributed by atoms with Gasteiger partial charge in [-0.25, -0.2) is 0 Å². The number of hydrogen-bond acceptors (Lipinski definition) is 3. The van der Waals surface area contributed by atoms with Crippen molar-refractivity contribution in [3.8, 4) is 0 Å². The van der Waals surface area contributed by atoms with E-state index in [1.54, 1.807) is 0 Å². The minimum absolute atomic E-state index is 0. The Morgan fingerprint density at radius 1 is 1.50 bits per heavy atom. The standard InChI is InChI=1S/C7H13NO4S.Na.H/c1-2-3-4-5-6(7(8)9)13(10,11)12;;/h5H,2-4H2,1H3,(H2,8,9)(H,10,11,12);;/b6-5+;;. The second-order valence-electron chi connectivity index (χ2n) is 2.55. The van der Waals surface area contributed by atoms with Crippen LogP contribution in [0.15, 0.2) is 11.0 Å². The van der Waals surface area contributed by atoms with Crippen LogP contribution in [0.25, 0.3) is 0 Å². The van der Waals surface area contributed by atoms with Crippen LogP contribution in [0.1, 0.15) is 26.2 Å². The van der Waals surface area contributed by atoms with Crippen LogP contribution in [0.4, 0.5) is 0 Å². The van der Waals surface area contributed by atoms with E-state index in [9.17, 15) is 13.2 Å². The summed E-state index contributed by atoms with van der Waals surface area (Å²) in [6, 6.07) is 0. The van der Waals surface area contributed by atoms with Crippen LogP contribution in [-0.2, 0) is 14.9 Å². The van der Waals surface area contributed by atoms with Crippen LogP contribution in [0.5, 0.6) is 0 Å². The Hall–Kier alpha value is 0.120. The molecule has 5 nitrogen and oxygen atoms in total. The van der Waals surface area contributed by atoms with E-state index in [1.807, 2.05) is 6.92 Å². The molecule has 0 saturated carbocycles. The molecule has 0 rings (SSSR count). The molecule has 0 saturated heterocycles. The van der Waals surface area contributed by atoms with Gasteiger partial charge < -0.3 is 5.73 Å².